The maximum Gasteiger partial charge on any atom is 0.281 e. The van der Waals surface area contributed by atoms with Gasteiger partial charge in [0.25, 0.3) is 25.7 Å². The molecule has 4 rings (SSSR count). The zero-order chi connectivity index (χ0) is 20.3. The summed E-state index contributed by atoms with van der Waals surface area (Å²) in [5.41, 5.74) is -0.548. The molecule has 0 amide bonds. The summed E-state index contributed by atoms with van der Waals surface area (Å²) >= 11 is 0. The molecule has 1 heterocycles. The number of methoxy groups -OCH3 is 1. The number of nitrogens with zero attached hydrogens (tertiary/aromatic N) is 2. The molecule has 3 aromatic rings. The summed E-state index contributed by atoms with van der Waals surface area (Å²) in [6, 6.07) is 12.1. The highest BCUT2D eigenvalue weighted by Gasteiger charge is 2.45. The lowest BCUT2D eigenvalue weighted by Crippen LogP contribution is -2.34. The molecule has 0 spiro atoms. The molecule has 1 aliphatic rings. The number of ether oxygens (including phenoxy) is 1. The molecule has 0 N–H and O–H groups in total. The van der Waals surface area contributed by atoms with Crippen LogP contribution in [0.25, 0.3) is 10.8 Å². The number of hydrogen-bond donors (Lipinski definition) is 0. The van der Waals surface area contributed by atoms with Gasteiger partial charge in [-0.15, -0.1) is 0 Å². The average Bonchev–Trinajstić information content (AvgIpc) is 2.90. The van der Waals surface area contributed by atoms with E-state index in [1.807, 2.05) is 0 Å². The summed E-state index contributed by atoms with van der Waals surface area (Å²) in [6.07, 6.45) is 0. The predicted octanol–water partition coefficient (Wildman–Crippen LogP) is 2.65. The van der Waals surface area contributed by atoms with E-state index in [2.05, 4.69) is 0 Å². The van der Waals surface area contributed by atoms with Crippen molar-refractivity contribution in [2.45, 2.75) is 9.79 Å². The highest BCUT2D eigenvalue weighted by Crippen LogP contribution is 2.46. The van der Waals surface area contributed by atoms with E-state index >= 15 is 0 Å². The lowest BCUT2D eigenvalue weighted by molar-refractivity contribution is -0.385. The van der Waals surface area contributed by atoms with E-state index in [1.54, 1.807) is 12.1 Å². The summed E-state index contributed by atoms with van der Waals surface area (Å²) in [5, 5.41) is 11.9. The molecule has 144 valence electrons. The molecule has 3 aromatic carbocycles. The Morgan fingerprint density at radius 1 is 1.07 bits per heavy atom. The summed E-state index contributed by atoms with van der Waals surface area (Å²) < 4.78 is 58.2. The first-order valence-corrected chi connectivity index (χ1v) is 10.7. The minimum atomic E-state index is -4.74. The van der Waals surface area contributed by atoms with Crippen molar-refractivity contribution >= 4 is 42.2 Å². The molecule has 11 heteroatoms. The number of hydrogen-bond acceptors (Lipinski definition) is 7. The fourth-order valence-corrected chi connectivity index (χ4v) is 7.30. The van der Waals surface area contributed by atoms with Gasteiger partial charge in [-0.2, -0.15) is 20.5 Å². The number of nitro groups is 1. The average molecular weight is 420 g/mol. The van der Waals surface area contributed by atoms with E-state index in [4.69, 9.17) is 4.74 Å². The molecule has 0 saturated carbocycles. The van der Waals surface area contributed by atoms with E-state index in [9.17, 15) is 26.9 Å². The van der Waals surface area contributed by atoms with Gasteiger partial charge in [0.2, 0.25) is 0 Å². The van der Waals surface area contributed by atoms with Gasteiger partial charge in [-0.3, -0.25) is 10.1 Å². The van der Waals surface area contributed by atoms with Crippen molar-refractivity contribution < 1.29 is 26.5 Å². The third kappa shape index (κ3) is 2.36. The molecule has 0 unspecified atom stereocenters. The van der Waals surface area contributed by atoms with Crippen LogP contribution in [0.2, 0.25) is 0 Å². The van der Waals surface area contributed by atoms with E-state index in [1.165, 1.54) is 31.4 Å². The van der Waals surface area contributed by atoms with Gasteiger partial charge in [0.15, 0.2) is 0 Å². The summed E-state index contributed by atoms with van der Waals surface area (Å²) in [5.74, 6) is -0.205. The quantitative estimate of drug-likeness (QED) is 0.469. The minimum Gasteiger partial charge on any atom is -0.495 e. The van der Waals surface area contributed by atoms with Crippen molar-refractivity contribution in [3.05, 3.63) is 64.7 Å². The van der Waals surface area contributed by atoms with Gasteiger partial charge in [0, 0.05) is 17.5 Å². The largest absolute Gasteiger partial charge is 0.495 e. The summed E-state index contributed by atoms with van der Waals surface area (Å²) in [4.78, 5) is 9.57. The number of anilines is 1. The highest BCUT2D eigenvalue weighted by molar-refractivity contribution is 8.10. The number of benzene rings is 3. The van der Waals surface area contributed by atoms with Crippen LogP contribution in [0.15, 0.2) is 64.4 Å². The summed E-state index contributed by atoms with van der Waals surface area (Å²) in [6.45, 7) is 0. The SMILES string of the molecule is COc1ccc([N+](=O)[O-])cc1S(=O)(=O)N1c2cccc3cccc(c23)S1(=O)=O. The second-order valence-electron chi connectivity index (χ2n) is 5.93. The number of rotatable bonds is 4. The van der Waals surface area contributed by atoms with Gasteiger partial charge in [0.1, 0.15) is 10.6 Å². The van der Waals surface area contributed by atoms with Gasteiger partial charge in [-0.05, 0) is 23.6 Å². The normalized spacial score (nSPS) is 15.0. The lowest BCUT2D eigenvalue weighted by atomic mass is 10.1. The first kappa shape index (κ1) is 18.2. The molecule has 0 aliphatic carbocycles. The third-order valence-electron chi connectivity index (χ3n) is 4.39. The van der Waals surface area contributed by atoms with Crippen molar-refractivity contribution in [1.29, 1.82) is 0 Å². The predicted molar refractivity (Wildman–Crippen MR) is 100 cm³/mol. The Hall–Kier alpha value is -3.18. The second kappa shape index (κ2) is 5.91. The minimum absolute atomic E-state index is 0.0401. The Bertz CT molecular complexity index is 1360. The van der Waals surface area contributed by atoms with Crippen LogP contribution in [0.5, 0.6) is 5.75 Å². The van der Waals surface area contributed by atoms with Crippen molar-refractivity contribution in [3.63, 3.8) is 0 Å². The standard InChI is InChI=1S/C17H12N2O7S2/c1-26-14-9-8-12(18(20)21)10-16(14)28(24,25)19-13-6-2-4-11-5-3-7-15(17(11)13)27(19,22)23/h2-10H,1H3. The molecule has 0 saturated heterocycles. The van der Waals surface area contributed by atoms with Gasteiger partial charge in [-0.1, -0.05) is 24.3 Å². The fourth-order valence-electron chi connectivity index (χ4n) is 3.20. The van der Waals surface area contributed by atoms with E-state index < -0.39 is 35.6 Å². The number of nitro benzene ring substituents is 1. The van der Waals surface area contributed by atoms with Crippen LogP contribution in [0.4, 0.5) is 11.4 Å². The Morgan fingerprint density at radius 3 is 2.39 bits per heavy atom. The molecule has 0 radical (unpaired) electrons. The molecule has 0 fully saturated rings. The van der Waals surface area contributed by atoms with Crippen LogP contribution < -0.4 is 8.45 Å². The maximum atomic E-state index is 13.4. The van der Waals surface area contributed by atoms with Gasteiger partial charge >= 0.3 is 0 Å². The van der Waals surface area contributed by atoms with Gasteiger partial charge in [-0.25, -0.2) is 0 Å². The Labute approximate surface area is 160 Å². The molecule has 0 aromatic heterocycles. The lowest BCUT2D eigenvalue weighted by Gasteiger charge is -2.20. The summed E-state index contributed by atoms with van der Waals surface area (Å²) in [7, 11) is -8.00. The van der Waals surface area contributed by atoms with Crippen LogP contribution >= 0.6 is 0 Å². The third-order valence-corrected chi connectivity index (χ3v) is 8.61. The zero-order valence-corrected chi connectivity index (χ0v) is 15.9. The Morgan fingerprint density at radius 2 is 1.75 bits per heavy atom. The molecule has 9 nitrogen and oxygen atoms in total. The van der Waals surface area contributed by atoms with Gasteiger partial charge in [0.05, 0.1) is 22.6 Å². The van der Waals surface area contributed by atoms with Crippen molar-refractivity contribution in [2.75, 3.05) is 10.8 Å². The van der Waals surface area contributed by atoms with Crippen LogP contribution in [0.1, 0.15) is 0 Å². The van der Waals surface area contributed by atoms with Crippen molar-refractivity contribution in [1.82, 2.24) is 0 Å². The van der Waals surface area contributed by atoms with E-state index in [0.717, 1.165) is 18.2 Å². The molecular formula is C17H12N2O7S2. The zero-order valence-electron chi connectivity index (χ0n) is 14.3. The maximum absolute atomic E-state index is 13.4. The monoisotopic (exact) mass is 420 g/mol. The highest BCUT2D eigenvalue weighted by atomic mass is 32.3. The first-order valence-electron chi connectivity index (χ1n) is 7.84. The van der Waals surface area contributed by atoms with Crippen molar-refractivity contribution in [2.24, 2.45) is 0 Å². The van der Waals surface area contributed by atoms with Crippen LogP contribution in [-0.2, 0) is 20.0 Å². The molecular weight excluding hydrogens is 408 g/mol. The first-order chi connectivity index (χ1) is 13.2. The van der Waals surface area contributed by atoms with Crippen LogP contribution in [0, 0.1) is 10.1 Å². The van der Waals surface area contributed by atoms with E-state index in [0.29, 0.717) is 9.10 Å². The Kier molecular flexibility index (Phi) is 3.84. The molecule has 0 atom stereocenters. The fraction of sp³-hybridized carbons (Fsp3) is 0.0588. The van der Waals surface area contributed by atoms with E-state index in [-0.39, 0.29) is 21.7 Å². The smallest absolute Gasteiger partial charge is 0.281 e. The van der Waals surface area contributed by atoms with Crippen LogP contribution in [-0.4, -0.2) is 28.9 Å². The van der Waals surface area contributed by atoms with Gasteiger partial charge < -0.3 is 4.74 Å². The number of non-ortho nitro benzene ring substituents is 1. The molecule has 28 heavy (non-hydrogen) atoms. The number of sulfonamides is 2. The molecule has 1 aliphatic heterocycles. The van der Waals surface area contributed by atoms with Crippen LogP contribution in [0.3, 0.4) is 0 Å². The topological polar surface area (TPSA) is 124 Å². The Balaban J connectivity index is 2.04. The van der Waals surface area contributed by atoms with Crippen molar-refractivity contribution in [3.8, 4) is 5.75 Å². The molecule has 0 bridgehead atoms. The second-order valence-corrected chi connectivity index (χ2v) is 9.67.